The molecule has 0 fully saturated rings. The molecule has 0 atom stereocenters. The van der Waals surface area contributed by atoms with Gasteiger partial charge in [0.1, 0.15) is 16.5 Å². The van der Waals surface area contributed by atoms with Crippen LogP contribution in [0.3, 0.4) is 0 Å². The van der Waals surface area contributed by atoms with Gasteiger partial charge in [0, 0.05) is 24.9 Å². The fraction of sp³-hybridized carbons (Fsp3) is 0.214. The maximum Gasteiger partial charge on any atom is 0.277 e. The highest BCUT2D eigenvalue weighted by Crippen LogP contribution is 2.23. The van der Waals surface area contributed by atoms with E-state index >= 15 is 0 Å². The molecule has 1 N–H and O–H groups in total. The minimum Gasteiger partial charge on any atom is -0.506 e. The van der Waals surface area contributed by atoms with Gasteiger partial charge in [0.15, 0.2) is 5.78 Å². The Morgan fingerprint density at radius 2 is 2.00 bits per heavy atom. The molecule has 2 aromatic rings. The van der Waals surface area contributed by atoms with Gasteiger partial charge in [0.25, 0.3) is 5.56 Å². The number of carbonyl (C=O) groups is 1. The molecule has 2 rings (SSSR count). The van der Waals surface area contributed by atoms with Crippen molar-refractivity contribution in [2.24, 2.45) is 0 Å². The van der Waals surface area contributed by atoms with Gasteiger partial charge in [-0.3, -0.25) is 19.1 Å². The molecular formula is C14H13ClN2O3. The quantitative estimate of drug-likeness (QED) is 0.863. The molecule has 5 nitrogen and oxygen atoms in total. The van der Waals surface area contributed by atoms with Gasteiger partial charge in [0.2, 0.25) is 0 Å². The average Bonchev–Trinajstić information content (AvgIpc) is 2.38. The van der Waals surface area contributed by atoms with Crippen LogP contribution >= 0.6 is 11.6 Å². The van der Waals surface area contributed by atoms with Gasteiger partial charge < -0.3 is 5.11 Å². The van der Waals surface area contributed by atoms with E-state index < -0.39 is 5.56 Å². The average molecular weight is 293 g/mol. The van der Waals surface area contributed by atoms with Crippen LogP contribution in [0.5, 0.6) is 5.75 Å². The van der Waals surface area contributed by atoms with E-state index in [4.69, 9.17) is 11.6 Å². The van der Waals surface area contributed by atoms with Gasteiger partial charge in [-0.2, -0.15) is 0 Å². The summed E-state index contributed by atoms with van der Waals surface area (Å²) in [4.78, 5) is 27.6. The Morgan fingerprint density at radius 3 is 2.60 bits per heavy atom. The molecule has 0 aromatic carbocycles. The highest BCUT2D eigenvalue weighted by Gasteiger charge is 2.15. The number of hydrogen-bond acceptors (Lipinski definition) is 4. The number of halogens is 1. The maximum atomic E-state index is 12.2. The number of carbonyl (C=O) groups excluding carboxylic acids is 1. The van der Waals surface area contributed by atoms with Gasteiger partial charge >= 0.3 is 0 Å². The van der Waals surface area contributed by atoms with Gasteiger partial charge in [-0.15, -0.1) is 0 Å². The number of aromatic nitrogens is 2. The summed E-state index contributed by atoms with van der Waals surface area (Å²) in [5.41, 5.74) is 1.49. The van der Waals surface area contributed by atoms with Crippen molar-refractivity contribution < 1.29 is 9.90 Å². The zero-order valence-electron chi connectivity index (χ0n) is 11.3. The van der Waals surface area contributed by atoms with Crippen molar-refractivity contribution in [2.75, 3.05) is 0 Å². The van der Waals surface area contributed by atoms with Gasteiger partial charge in [-0.1, -0.05) is 11.6 Å². The molecule has 0 saturated heterocycles. The fourth-order valence-corrected chi connectivity index (χ4v) is 2.08. The van der Waals surface area contributed by atoms with Crippen molar-refractivity contribution in [2.45, 2.75) is 20.8 Å². The zero-order valence-corrected chi connectivity index (χ0v) is 12.0. The van der Waals surface area contributed by atoms with E-state index in [-0.39, 0.29) is 22.2 Å². The molecule has 6 heteroatoms. The Kier molecular flexibility index (Phi) is 3.63. The van der Waals surface area contributed by atoms with E-state index in [0.29, 0.717) is 11.4 Å². The number of ketones is 1. The van der Waals surface area contributed by atoms with Crippen LogP contribution in [0.2, 0.25) is 5.02 Å². The van der Waals surface area contributed by atoms with E-state index in [1.807, 2.05) is 0 Å². The van der Waals surface area contributed by atoms with Crippen LogP contribution in [0.4, 0.5) is 0 Å². The van der Waals surface area contributed by atoms with Crippen molar-refractivity contribution >= 4 is 17.4 Å². The summed E-state index contributed by atoms with van der Waals surface area (Å²) in [7, 11) is 0. The Bertz CT molecular complexity index is 766. The van der Waals surface area contributed by atoms with E-state index in [9.17, 15) is 14.7 Å². The van der Waals surface area contributed by atoms with E-state index in [1.54, 1.807) is 19.9 Å². The van der Waals surface area contributed by atoms with Crippen LogP contribution < -0.4 is 5.56 Å². The molecule has 20 heavy (non-hydrogen) atoms. The molecule has 0 spiro atoms. The van der Waals surface area contributed by atoms with E-state index in [2.05, 4.69) is 4.98 Å². The lowest BCUT2D eigenvalue weighted by atomic mass is 10.1. The van der Waals surface area contributed by atoms with Crippen molar-refractivity contribution in [1.29, 1.82) is 0 Å². The van der Waals surface area contributed by atoms with E-state index in [0.717, 1.165) is 5.56 Å². The zero-order chi connectivity index (χ0) is 15.0. The predicted octanol–water partition coefficient (Wildman–Crippen LogP) is 2.41. The molecule has 0 amide bonds. The second-order valence-electron chi connectivity index (χ2n) is 4.54. The van der Waals surface area contributed by atoms with Gasteiger partial charge in [0.05, 0.1) is 5.69 Å². The lowest BCUT2D eigenvalue weighted by Crippen LogP contribution is -2.22. The van der Waals surface area contributed by atoms with Crippen LogP contribution in [-0.4, -0.2) is 20.4 Å². The number of rotatable bonds is 2. The second-order valence-corrected chi connectivity index (χ2v) is 4.92. The normalized spacial score (nSPS) is 10.6. The Hall–Kier alpha value is -2.14. The largest absolute Gasteiger partial charge is 0.506 e. The predicted molar refractivity (Wildman–Crippen MR) is 76.0 cm³/mol. The van der Waals surface area contributed by atoms with Crippen molar-refractivity contribution in [3.05, 3.63) is 50.7 Å². The fourth-order valence-electron chi connectivity index (χ4n) is 1.94. The Balaban J connectivity index is 2.81. The first-order valence-electron chi connectivity index (χ1n) is 5.92. The Morgan fingerprint density at radius 1 is 1.35 bits per heavy atom. The summed E-state index contributed by atoms with van der Waals surface area (Å²) in [6, 6.07) is 2.94. The van der Waals surface area contributed by atoms with Crippen LogP contribution in [0.15, 0.2) is 23.1 Å². The molecule has 0 radical (unpaired) electrons. The van der Waals surface area contributed by atoms with Crippen LogP contribution in [-0.2, 0) is 0 Å². The molecule has 0 aliphatic carbocycles. The monoisotopic (exact) mass is 292 g/mol. The standard InChI is InChI=1S/C14H13ClN2O3/c1-7-6-16-10(9(3)18)5-11(7)17-8(2)4-12(19)13(15)14(17)20/h4-6,19H,1-3H3. The molecule has 0 unspecified atom stereocenters. The van der Waals surface area contributed by atoms with Crippen LogP contribution in [0.1, 0.15) is 28.7 Å². The van der Waals surface area contributed by atoms with Crippen LogP contribution in [0, 0.1) is 13.8 Å². The molecule has 0 bridgehead atoms. The summed E-state index contributed by atoms with van der Waals surface area (Å²) in [6.45, 7) is 4.85. The number of nitrogens with zero attached hydrogens (tertiary/aromatic N) is 2. The second kappa shape index (κ2) is 5.09. The topological polar surface area (TPSA) is 72.2 Å². The minimum atomic E-state index is -0.534. The number of aryl methyl sites for hydroxylation is 2. The number of pyridine rings is 2. The van der Waals surface area contributed by atoms with Crippen LogP contribution in [0.25, 0.3) is 5.69 Å². The molecule has 0 aliphatic heterocycles. The van der Waals surface area contributed by atoms with Gasteiger partial charge in [-0.25, -0.2) is 0 Å². The third-order valence-electron chi connectivity index (χ3n) is 2.99. The number of aromatic hydroxyl groups is 1. The summed E-state index contributed by atoms with van der Waals surface area (Å²) in [6.07, 6.45) is 1.53. The first kappa shape index (κ1) is 14.3. The first-order chi connectivity index (χ1) is 9.32. The highest BCUT2D eigenvalue weighted by molar-refractivity contribution is 6.31. The number of Topliss-reactive ketones (excluding diaryl/α,β-unsaturated/α-hetero) is 1. The van der Waals surface area contributed by atoms with Crippen molar-refractivity contribution in [1.82, 2.24) is 9.55 Å². The van der Waals surface area contributed by atoms with Gasteiger partial charge in [-0.05, 0) is 25.5 Å². The summed E-state index contributed by atoms with van der Waals surface area (Å²) in [5, 5.41) is 9.30. The van der Waals surface area contributed by atoms with E-state index in [1.165, 1.54) is 23.8 Å². The molecule has 2 heterocycles. The molecule has 0 saturated carbocycles. The Labute approximate surface area is 120 Å². The summed E-state index contributed by atoms with van der Waals surface area (Å²) in [5.74, 6) is -0.453. The highest BCUT2D eigenvalue weighted by atomic mass is 35.5. The summed E-state index contributed by atoms with van der Waals surface area (Å²) < 4.78 is 1.35. The lowest BCUT2D eigenvalue weighted by Gasteiger charge is -2.14. The van der Waals surface area contributed by atoms with Crippen molar-refractivity contribution in [3.8, 4) is 11.4 Å². The first-order valence-corrected chi connectivity index (χ1v) is 6.29. The molecular weight excluding hydrogens is 280 g/mol. The molecule has 2 aromatic heterocycles. The SMILES string of the molecule is CC(=O)c1cc(-n2c(C)cc(O)c(Cl)c2=O)c(C)cn1. The maximum absolute atomic E-state index is 12.2. The molecule has 0 aliphatic rings. The van der Waals surface area contributed by atoms with Crippen molar-refractivity contribution in [3.63, 3.8) is 0 Å². The summed E-state index contributed by atoms with van der Waals surface area (Å²) >= 11 is 5.79. The lowest BCUT2D eigenvalue weighted by molar-refractivity contribution is 0.101. The third-order valence-corrected chi connectivity index (χ3v) is 3.35. The third kappa shape index (κ3) is 2.32. The minimum absolute atomic E-state index is 0.193. The molecule has 104 valence electrons. The smallest absolute Gasteiger partial charge is 0.277 e. The number of hydrogen-bond donors (Lipinski definition) is 1.